The molecular formula is C20H30ClN3O3. The Bertz CT molecular complexity index is 675. The van der Waals surface area contributed by atoms with Crippen molar-refractivity contribution in [1.82, 2.24) is 4.90 Å². The molecule has 1 unspecified atom stereocenters. The van der Waals surface area contributed by atoms with Gasteiger partial charge in [-0.25, -0.2) is 0 Å². The molecule has 1 amide bonds. The van der Waals surface area contributed by atoms with E-state index in [2.05, 4.69) is 11.8 Å². The van der Waals surface area contributed by atoms with Crippen LogP contribution in [0.4, 0.5) is 5.69 Å². The van der Waals surface area contributed by atoms with Gasteiger partial charge in [-0.05, 0) is 57.3 Å². The predicted molar refractivity (Wildman–Crippen MR) is 107 cm³/mol. The Balaban J connectivity index is 1.61. The van der Waals surface area contributed by atoms with Crippen molar-refractivity contribution in [3.8, 4) is 11.5 Å². The molecule has 0 radical (unpaired) electrons. The second kappa shape index (κ2) is 9.02. The SMILES string of the molecule is CCCCN1CCC(CC2COc3c(CC(N)=O)cc(Cl)c(N)c3O2)CC1. The van der Waals surface area contributed by atoms with Crippen molar-refractivity contribution >= 4 is 23.2 Å². The van der Waals surface area contributed by atoms with Crippen LogP contribution in [0.5, 0.6) is 11.5 Å². The molecule has 0 aromatic heterocycles. The Morgan fingerprint density at radius 3 is 2.74 bits per heavy atom. The summed E-state index contributed by atoms with van der Waals surface area (Å²) in [6, 6.07) is 1.64. The number of carbonyl (C=O) groups is 1. The molecule has 7 heteroatoms. The van der Waals surface area contributed by atoms with E-state index in [0.717, 1.165) is 19.5 Å². The molecule has 150 valence electrons. The van der Waals surface area contributed by atoms with Crippen LogP contribution >= 0.6 is 11.6 Å². The molecule has 4 N–H and O–H groups in total. The molecule has 1 saturated heterocycles. The van der Waals surface area contributed by atoms with Crippen molar-refractivity contribution in [3.63, 3.8) is 0 Å². The van der Waals surface area contributed by atoms with Gasteiger partial charge in [0.1, 0.15) is 12.7 Å². The lowest BCUT2D eigenvalue weighted by atomic mass is 9.91. The summed E-state index contributed by atoms with van der Waals surface area (Å²) in [7, 11) is 0. The summed E-state index contributed by atoms with van der Waals surface area (Å²) in [4.78, 5) is 13.9. The highest BCUT2D eigenvalue weighted by atomic mass is 35.5. The number of hydrogen-bond donors (Lipinski definition) is 2. The third-order valence-electron chi connectivity index (χ3n) is 5.49. The molecule has 27 heavy (non-hydrogen) atoms. The van der Waals surface area contributed by atoms with E-state index >= 15 is 0 Å². The average molecular weight is 396 g/mol. The number of unbranched alkanes of at least 4 members (excludes halogenated alkanes) is 1. The summed E-state index contributed by atoms with van der Waals surface area (Å²) in [6.07, 6.45) is 5.84. The van der Waals surface area contributed by atoms with Gasteiger partial charge in [-0.3, -0.25) is 4.79 Å². The lowest BCUT2D eigenvalue weighted by molar-refractivity contribution is -0.117. The van der Waals surface area contributed by atoms with Crippen LogP contribution in [0.2, 0.25) is 5.02 Å². The highest BCUT2D eigenvalue weighted by Gasteiger charge is 2.30. The lowest BCUT2D eigenvalue weighted by Crippen LogP contribution is -2.38. The number of hydrogen-bond acceptors (Lipinski definition) is 5. The molecule has 3 rings (SSSR count). The van der Waals surface area contributed by atoms with Gasteiger partial charge in [0.05, 0.1) is 17.1 Å². The molecule has 1 atom stereocenters. The number of likely N-dealkylation sites (tertiary alicyclic amines) is 1. The van der Waals surface area contributed by atoms with E-state index in [-0.39, 0.29) is 12.5 Å². The lowest BCUT2D eigenvalue weighted by Gasteiger charge is -2.35. The smallest absolute Gasteiger partial charge is 0.221 e. The second-order valence-corrected chi connectivity index (χ2v) is 8.06. The molecule has 0 saturated carbocycles. The summed E-state index contributed by atoms with van der Waals surface area (Å²) in [6.45, 7) is 6.21. The van der Waals surface area contributed by atoms with Crippen LogP contribution in [0.3, 0.4) is 0 Å². The van der Waals surface area contributed by atoms with Gasteiger partial charge in [0.25, 0.3) is 0 Å². The van der Waals surface area contributed by atoms with Crippen LogP contribution in [0, 0.1) is 5.92 Å². The number of benzene rings is 1. The van der Waals surface area contributed by atoms with E-state index < -0.39 is 5.91 Å². The normalized spacial score (nSPS) is 20.6. The van der Waals surface area contributed by atoms with Crippen molar-refractivity contribution in [2.45, 2.75) is 51.6 Å². The third kappa shape index (κ3) is 4.99. The molecule has 0 aliphatic carbocycles. The number of primary amides is 1. The van der Waals surface area contributed by atoms with Crippen molar-refractivity contribution in [1.29, 1.82) is 0 Å². The van der Waals surface area contributed by atoms with Gasteiger partial charge in [-0.1, -0.05) is 24.9 Å². The van der Waals surface area contributed by atoms with Crippen LogP contribution in [0.15, 0.2) is 6.07 Å². The highest BCUT2D eigenvalue weighted by Crippen LogP contribution is 2.45. The number of halogens is 1. The van der Waals surface area contributed by atoms with Crippen LogP contribution in [-0.4, -0.2) is 43.2 Å². The molecule has 2 aliphatic heterocycles. The van der Waals surface area contributed by atoms with Gasteiger partial charge in [0.2, 0.25) is 5.91 Å². The number of amides is 1. The van der Waals surface area contributed by atoms with E-state index in [0.29, 0.717) is 40.3 Å². The summed E-state index contributed by atoms with van der Waals surface area (Å²) < 4.78 is 12.1. The number of nitrogen functional groups attached to an aromatic ring is 1. The minimum atomic E-state index is -0.446. The quantitative estimate of drug-likeness (QED) is 0.692. The Kier molecular flexibility index (Phi) is 6.71. The summed E-state index contributed by atoms with van der Waals surface area (Å²) in [5.74, 6) is 1.14. The number of nitrogens with two attached hydrogens (primary N) is 2. The fourth-order valence-electron chi connectivity index (χ4n) is 3.96. The summed E-state index contributed by atoms with van der Waals surface area (Å²) in [5.41, 5.74) is 12.4. The van der Waals surface area contributed by atoms with Crippen molar-refractivity contribution in [2.75, 3.05) is 32.0 Å². The standard InChI is InChI=1S/C20H30ClN3O3/c1-2-3-6-24-7-4-13(5-8-24)9-15-12-26-19-14(11-17(22)25)10-16(21)18(23)20(19)27-15/h10,13,15H,2-9,11-12,23H2,1H3,(H2,22,25). The number of piperidine rings is 1. The Morgan fingerprint density at radius 2 is 2.07 bits per heavy atom. The molecule has 1 aromatic carbocycles. The van der Waals surface area contributed by atoms with Gasteiger partial charge in [0, 0.05) is 5.56 Å². The molecule has 2 heterocycles. The Morgan fingerprint density at radius 1 is 1.33 bits per heavy atom. The number of nitrogens with zero attached hydrogens (tertiary/aromatic N) is 1. The number of ether oxygens (including phenoxy) is 2. The van der Waals surface area contributed by atoms with Crippen molar-refractivity contribution < 1.29 is 14.3 Å². The zero-order chi connectivity index (χ0) is 19.4. The molecule has 0 spiro atoms. The highest BCUT2D eigenvalue weighted by molar-refractivity contribution is 6.33. The van der Waals surface area contributed by atoms with Gasteiger partial charge in [-0.2, -0.15) is 0 Å². The molecule has 2 aliphatic rings. The van der Waals surface area contributed by atoms with Crippen molar-refractivity contribution in [3.05, 3.63) is 16.7 Å². The van der Waals surface area contributed by atoms with Crippen molar-refractivity contribution in [2.24, 2.45) is 11.7 Å². The topological polar surface area (TPSA) is 90.8 Å². The first-order valence-corrected chi connectivity index (χ1v) is 10.3. The summed E-state index contributed by atoms with van der Waals surface area (Å²) in [5, 5.41) is 0.360. The maximum Gasteiger partial charge on any atom is 0.221 e. The van der Waals surface area contributed by atoms with Gasteiger partial charge >= 0.3 is 0 Å². The monoisotopic (exact) mass is 395 g/mol. The fraction of sp³-hybridized carbons (Fsp3) is 0.650. The molecule has 0 bridgehead atoms. The predicted octanol–water partition coefficient (Wildman–Crippen LogP) is 2.99. The van der Waals surface area contributed by atoms with E-state index in [1.54, 1.807) is 6.07 Å². The summed E-state index contributed by atoms with van der Waals surface area (Å²) >= 11 is 6.21. The zero-order valence-corrected chi connectivity index (χ0v) is 16.8. The van der Waals surface area contributed by atoms with E-state index in [1.807, 2.05) is 0 Å². The third-order valence-corrected chi connectivity index (χ3v) is 5.81. The van der Waals surface area contributed by atoms with E-state index in [9.17, 15) is 4.79 Å². The van der Waals surface area contributed by atoms with Gasteiger partial charge in [-0.15, -0.1) is 0 Å². The maximum atomic E-state index is 11.3. The molecule has 1 aromatic rings. The largest absolute Gasteiger partial charge is 0.485 e. The number of rotatable bonds is 7. The average Bonchev–Trinajstić information content (AvgIpc) is 2.65. The van der Waals surface area contributed by atoms with Crippen LogP contribution in [0.25, 0.3) is 0 Å². The molecular weight excluding hydrogens is 366 g/mol. The second-order valence-electron chi connectivity index (χ2n) is 7.66. The van der Waals surface area contributed by atoms with E-state index in [4.69, 9.17) is 32.5 Å². The number of anilines is 1. The van der Waals surface area contributed by atoms with Crippen LogP contribution < -0.4 is 20.9 Å². The van der Waals surface area contributed by atoms with Crippen LogP contribution in [-0.2, 0) is 11.2 Å². The molecule has 6 nitrogen and oxygen atoms in total. The Hall–Kier alpha value is -1.66. The fourth-order valence-corrected chi connectivity index (χ4v) is 4.18. The number of fused-ring (bicyclic) bond motifs is 1. The van der Waals surface area contributed by atoms with Gasteiger partial charge in [0.15, 0.2) is 11.5 Å². The minimum absolute atomic E-state index is 0.0482. The van der Waals surface area contributed by atoms with E-state index in [1.165, 1.54) is 32.2 Å². The maximum absolute atomic E-state index is 11.3. The number of carbonyl (C=O) groups excluding carboxylic acids is 1. The first kappa shape index (κ1) is 20.1. The van der Waals surface area contributed by atoms with Crippen LogP contribution in [0.1, 0.15) is 44.6 Å². The first-order chi connectivity index (χ1) is 13.0. The Labute approximate surface area is 166 Å². The van der Waals surface area contributed by atoms with Gasteiger partial charge < -0.3 is 25.8 Å². The molecule has 1 fully saturated rings. The zero-order valence-electron chi connectivity index (χ0n) is 16.0. The minimum Gasteiger partial charge on any atom is -0.485 e. The first-order valence-electron chi connectivity index (χ1n) is 9.88.